The molecule has 0 saturated carbocycles. The Morgan fingerprint density at radius 2 is 1.77 bits per heavy atom. The number of aliphatic hydroxyl groups is 1. The minimum atomic E-state index is -0.385. The van der Waals surface area contributed by atoms with Crippen molar-refractivity contribution in [3.05, 3.63) is 87.3 Å². The van der Waals surface area contributed by atoms with Crippen molar-refractivity contribution in [2.24, 2.45) is 0 Å². The molecule has 1 fully saturated rings. The fourth-order valence-corrected chi connectivity index (χ4v) is 4.59. The van der Waals surface area contributed by atoms with Crippen LogP contribution in [0.2, 0.25) is 0 Å². The number of rotatable bonds is 6. The van der Waals surface area contributed by atoms with Crippen LogP contribution in [0, 0.1) is 10.1 Å². The van der Waals surface area contributed by atoms with Gasteiger partial charge in [0.1, 0.15) is 0 Å². The van der Waals surface area contributed by atoms with E-state index in [4.69, 9.17) is 0 Å². The zero-order valence-electron chi connectivity index (χ0n) is 16.8. The molecule has 158 valence electrons. The first-order valence-electron chi connectivity index (χ1n) is 10.1. The van der Waals surface area contributed by atoms with Gasteiger partial charge in [0.05, 0.1) is 16.6 Å². The molecule has 0 bridgehead atoms. The molecule has 0 radical (unpaired) electrons. The highest BCUT2D eigenvalue weighted by molar-refractivity contribution is 7.16. The quantitative estimate of drug-likeness (QED) is 0.250. The van der Waals surface area contributed by atoms with Crippen molar-refractivity contribution in [1.82, 2.24) is 0 Å². The van der Waals surface area contributed by atoms with Gasteiger partial charge in [-0.1, -0.05) is 12.1 Å². The lowest BCUT2D eigenvalue weighted by molar-refractivity contribution is -0.384. The topological polar surface area (TPSA) is 83.7 Å². The molecule has 1 saturated heterocycles. The molecule has 1 aliphatic rings. The number of piperidine rings is 1. The molecular weight excluding hydrogens is 412 g/mol. The van der Waals surface area contributed by atoms with Crippen molar-refractivity contribution in [1.29, 1.82) is 0 Å². The van der Waals surface area contributed by atoms with E-state index in [0.29, 0.717) is 11.1 Å². The molecule has 6 nitrogen and oxygen atoms in total. The summed E-state index contributed by atoms with van der Waals surface area (Å²) in [6.07, 6.45) is 4.58. The number of nitrogens with zero attached hydrogens (tertiary/aromatic N) is 2. The molecule has 7 heteroatoms. The molecule has 0 atom stereocenters. The van der Waals surface area contributed by atoms with Gasteiger partial charge in [0.15, 0.2) is 5.78 Å². The second kappa shape index (κ2) is 9.24. The van der Waals surface area contributed by atoms with Gasteiger partial charge in [0.25, 0.3) is 5.69 Å². The molecular formula is C24H22N2O4S. The van der Waals surface area contributed by atoms with Crippen molar-refractivity contribution in [3.8, 4) is 10.4 Å². The molecule has 31 heavy (non-hydrogen) atoms. The van der Waals surface area contributed by atoms with Crippen molar-refractivity contribution >= 4 is 34.6 Å². The summed E-state index contributed by atoms with van der Waals surface area (Å²) in [7, 11) is 0. The van der Waals surface area contributed by atoms with Crippen molar-refractivity contribution in [2.45, 2.75) is 18.9 Å². The van der Waals surface area contributed by atoms with Gasteiger partial charge in [-0.05, 0) is 67.5 Å². The lowest BCUT2D eigenvalue weighted by atomic mass is 10.1. The Morgan fingerprint density at radius 1 is 1.06 bits per heavy atom. The van der Waals surface area contributed by atoms with Gasteiger partial charge in [-0.25, -0.2) is 0 Å². The van der Waals surface area contributed by atoms with Crippen LogP contribution in [0.5, 0.6) is 0 Å². The zero-order valence-corrected chi connectivity index (χ0v) is 17.6. The number of anilines is 1. The highest BCUT2D eigenvalue weighted by atomic mass is 32.1. The summed E-state index contributed by atoms with van der Waals surface area (Å²) in [6.45, 7) is 1.63. The Labute approximate surface area is 184 Å². The van der Waals surface area contributed by atoms with Gasteiger partial charge >= 0.3 is 0 Å². The van der Waals surface area contributed by atoms with E-state index in [1.165, 1.54) is 23.5 Å². The molecule has 4 rings (SSSR count). The van der Waals surface area contributed by atoms with Crippen molar-refractivity contribution in [3.63, 3.8) is 0 Å². The van der Waals surface area contributed by atoms with Crippen LogP contribution in [0.25, 0.3) is 16.5 Å². The van der Waals surface area contributed by atoms with Crippen LogP contribution >= 0.6 is 11.3 Å². The molecule has 2 heterocycles. The van der Waals surface area contributed by atoms with E-state index >= 15 is 0 Å². The number of carbonyl (C=O) groups excluding carboxylic acids is 1. The van der Waals surface area contributed by atoms with Crippen LogP contribution in [0.15, 0.2) is 66.7 Å². The van der Waals surface area contributed by atoms with Gasteiger partial charge in [-0.15, -0.1) is 11.3 Å². The zero-order chi connectivity index (χ0) is 21.8. The van der Waals surface area contributed by atoms with Gasteiger partial charge in [0.2, 0.25) is 0 Å². The number of ketones is 1. The first-order chi connectivity index (χ1) is 15.0. The lowest BCUT2D eigenvalue weighted by Gasteiger charge is -2.31. The van der Waals surface area contributed by atoms with E-state index < -0.39 is 0 Å². The third kappa shape index (κ3) is 4.90. The molecule has 0 amide bonds. The lowest BCUT2D eigenvalue weighted by Crippen LogP contribution is -2.35. The highest BCUT2D eigenvalue weighted by Gasteiger charge is 2.18. The Bertz CT molecular complexity index is 1110. The molecule has 0 unspecified atom stereocenters. The first-order valence-corrected chi connectivity index (χ1v) is 10.9. The van der Waals surface area contributed by atoms with Crippen LogP contribution in [-0.2, 0) is 0 Å². The number of nitro benzene ring substituents is 1. The Morgan fingerprint density at radius 3 is 2.48 bits per heavy atom. The summed E-state index contributed by atoms with van der Waals surface area (Å²) in [5.74, 6) is -0.0961. The van der Waals surface area contributed by atoms with Crippen LogP contribution in [0.1, 0.15) is 28.1 Å². The van der Waals surface area contributed by atoms with E-state index in [0.717, 1.165) is 41.4 Å². The van der Waals surface area contributed by atoms with E-state index in [1.807, 2.05) is 36.4 Å². The van der Waals surface area contributed by atoms with Crippen LogP contribution in [0.4, 0.5) is 11.4 Å². The van der Waals surface area contributed by atoms with E-state index in [2.05, 4.69) is 4.90 Å². The fourth-order valence-electron chi connectivity index (χ4n) is 3.64. The van der Waals surface area contributed by atoms with Gasteiger partial charge in [0, 0.05) is 40.2 Å². The summed E-state index contributed by atoms with van der Waals surface area (Å²) in [5, 5.41) is 20.9. The highest BCUT2D eigenvalue weighted by Crippen LogP contribution is 2.35. The van der Waals surface area contributed by atoms with Crippen molar-refractivity contribution in [2.75, 3.05) is 18.0 Å². The second-order valence-electron chi connectivity index (χ2n) is 7.44. The number of nitro groups is 1. The second-order valence-corrected chi connectivity index (χ2v) is 8.55. The average molecular weight is 435 g/mol. The summed E-state index contributed by atoms with van der Waals surface area (Å²) in [5.41, 5.74) is 2.30. The molecule has 1 aliphatic heterocycles. The number of carbonyl (C=O) groups is 1. The smallest absolute Gasteiger partial charge is 0.278 e. The van der Waals surface area contributed by atoms with E-state index in [1.54, 1.807) is 24.3 Å². The maximum absolute atomic E-state index is 12.6. The minimum absolute atomic E-state index is 0.0688. The maximum Gasteiger partial charge on any atom is 0.278 e. The molecule has 3 aromatic rings. The van der Waals surface area contributed by atoms with Gasteiger partial charge < -0.3 is 10.0 Å². The predicted molar refractivity (Wildman–Crippen MR) is 124 cm³/mol. The Kier molecular flexibility index (Phi) is 6.25. The van der Waals surface area contributed by atoms with E-state index in [-0.39, 0.29) is 22.5 Å². The normalized spacial score (nSPS) is 14.8. The van der Waals surface area contributed by atoms with Crippen molar-refractivity contribution < 1.29 is 14.8 Å². The summed E-state index contributed by atoms with van der Waals surface area (Å²) >= 11 is 1.41. The number of benzene rings is 2. The predicted octanol–water partition coefficient (Wildman–Crippen LogP) is 5.18. The van der Waals surface area contributed by atoms with Crippen LogP contribution in [0.3, 0.4) is 0 Å². The number of hydrogen-bond acceptors (Lipinski definition) is 6. The number of thiophene rings is 1. The third-order valence-corrected chi connectivity index (χ3v) is 6.46. The average Bonchev–Trinajstić information content (AvgIpc) is 3.27. The summed E-state index contributed by atoms with van der Waals surface area (Å²) < 4.78 is 0. The Balaban J connectivity index is 1.44. The standard InChI is InChI=1S/C24H22N2O4S/c27-19-13-15-25(16-14-19)18-7-5-17(6-8-18)23(28)11-9-20-10-12-24(31-20)21-3-1-2-4-22(21)26(29)30/h1-12,19,27H,13-16H2. The van der Waals surface area contributed by atoms with Crippen LogP contribution in [-0.4, -0.2) is 35.0 Å². The molecule has 1 aromatic heterocycles. The molecule has 2 aromatic carbocycles. The molecule has 0 spiro atoms. The molecule has 1 N–H and O–H groups in total. The monoisotopic (exact) mass is 434 g/mol. The Hall–Kier alpha value is -3.29. The van der Waals surface area contributed by atoms with Crippen LogP contribution < -0.4 is 4.90 Å². The first kappa shape index (κ1) is 21.0. The number of aliphatic hydroxyl groups excluding tert-OH is 1. The van der Waals surface area contributed by atoms with Gasteiger partial charge in [-0.2, -0.15) is 0 Å². The molecule has 0 aliphatic carbocycles. The van der Waals surface area contributed by atoms with Gasteiger partial charge in [-0.3, -0.25) is 14.9 Å². The number of para-hydroxylation sites is 1. The summed E-state index contributed by atoms with van der Waals surface area (Å²) in [4.78, 5) is 27.3. The maximum atomic E-state index is 12.6. The summed E-state index contributed by atoms with van der Waals surface area (Å²) in [6, 6.07) is 17.9. The largest absolute Gasteiger partial charge is 0.393 e. The third-order valence-electron chi connectivity index (χ3n) is 5.37. The SMILES string of the molecule is O=C(C=Cc1ccc(-c2ccccc2[N+](=O)[O-])s1)c1ccc(N2CCC(O)CC2)cc1. The fraction of sp³-hybridized carbons (Fsp3) is 0.208. The number of hydrogen-bond donors (Lipinski definition) is 1. The minimum Gasteiger partial charge on any atom is -0.393 e. The number of allylic oxidation sites excluding steroid dienone is 1. The van der Waals surface area contributed by atoms with E-state index in [9.17, 15) is 20.0 Å².